The number of rotatable bonds is 3. The lowest BCUT2D eigenvalue weighted by Crippen LogP contribution is -2.35. The molecule has 1 atom stereocenters. The molecule has 1 aliphatic rings. The zero-order chi connectivity index (χ0) is 11.4. The molecule has 1 aromatic rings. The Morgan fingerprint density at radius 2 is 1.75 bits per heavy atom. The van der Waals surface area contributed by atoms with Crippen LogP contribution in [0, 0.1) is 0 Å². The Balaban J connectivity index is 2.00. The summed E-state index contributed by atoms with van der Waals surface area (Å²) in [5, 5.41) is 11.8. The Bertz CT molecular complexity index is 306. The molecule has 0 aliphatic heterocycles. The molecule has 1 aliphatic carbocycles. The van der Waals surface area contributed by atoms with Gasteiger partial charge in [-0.15, -0.1) is 0 Å². The normalized spacial score (nSPS) is 19.9. The molecule has 2 nitrogen and oxygen atoms in total. The van der Waals surface area contributed by atoms with Gasteiger partial charge < -0.3 is 5.21 Å². The molecule has 1 saturated carbocycles. The number of hydrogen-bond donors (Lipinski definition) is 1. The van der Waals surface area contributed by atoms with Crippen molar-refractivity contribution in [2.75, 3.05) is 0 Å². The van der Waals surface area contributed by atoms with Gasteiger partial charge in [0.1, 0.15) is 0 Å². The minimum Gasteiger partial charge on any atom is -0.313 e. The van der Waals surface area contributed by atoms with Crippen LogP contribution in [0.5, 0.6) is 0 Å². The lowest BCUT2D eigenvalue weighted by molar-refractivity contribution is -0.164. The number of hydroxylamine groups is 2. The zero-order valence-corrected chi connectivity index (χ0v) is 9.97. The van der Waals surface area contributed by atoms with Crippen molar-refractivity contribution < 1.29 is 5.21 Å². The molecule has 0 amide bonds. The molecule has 2 heteroatoms. The SMILES string of the molecule is CC(c1ccccc1)N(O)C1CCCCC1. The van der Waals surface area contributed by atoms with Gasteiger partial charge in [0.05, 0.1) is 6.04 Å². The highest BCUT2D eigenvalue weighted by molar-refractivity contribution is 5.18. The standard InChI is InChI=1S/C14H21NO/c1-12(13-8-4-2-5-9-13)15(16)14-10-6-3-7-11-14/h2,4-5,8-9,12,14,16H,3,6-7,10-11H2,1H3. The molecule has 0 bridgehead atoms. The average Bonchev–Trinajstić information content (AvgIpc) is 2.39. The molecule has 1 N–H and O–H groups in total. The molecular formula is C14H21NO. The second-order valence-corrected chi connectivity index (χ2v) is 4.76. The highest BCUT2D eigenvalue weighted by Gasteiger charge is 2.24. The minimum absolute atomic E-state index is 0.101. The van der Waals surface area contributed by atoms with Crippen LogP contribution in [0.3, 0.4) is 0 Å². The van der Waals surface area contributed by atoms with E-state index < -0.39 is 0 Å². The van der Waals surface area contributed by atoms with E-state index in [1.54, 1.807) is 5.06 Å². The third kappa shape index (κ3) is 2.63. The number of benzene rings is 1. The van der Waals surface area contributed by atoms with Crippen LogP contribution < -0.4 is 0 Å². The van der Waals surface area contributed by atoms with Gasteiger partial charge in [-0.2, -0.15) is 5.06 Å². The van der Waals surface area contributed by atoms with Crippen LogP contribution in [0.15, 0.2) is 30.3 Å². The Morgan fingerprint density at radius 3 is 2.38 bits per heavy atom. The first-order valence-corrected chi connectivity index (χ1v) is 6.31. The van der Waals surface area contributed by atoms with Crippen molar-refractivity contribution in [1.29, 1.82) is 0 Å². The summed E-state index contributed by atoms with van der Waals surface area (Å²) in [4.78, 5) is 0. The van der Waals surface area contributed by atoms with E-state index in [1.165, 1.54) is 24.8 Å². The van der Waals surface area contributed by atoms with E-state index in [2.05, 4.69) is 19.1 Å². The Hall–Kier alpha value is -0.860. The maximum absolute atomic E-state index is 10.2. The minimum atomic E-state index is 0.101. The Kier molecular flexibility index (Phi) is 3.97. The summed E-state index contributed by atoms with van der Waals surface area (Å²) in [5.74, 6) is 0. The van der Waals surface area contributed by atoms with Crippen LogP contribution in [0.1, 0.15) is 50.6 Å². The first-order chi connectivity index (χ1) is 7.79. The molecule has 88 valence electrons. The second kappa shape index (κ2) is 5.46. The van der Waals surface area contributed by atoms with Crippen molar-refractivity contribution in [3.63, 3.8) is 0 Å². The Labute approximate surface area is 97.9 Å². The summed E-state index contributed by atoms with van der Waals surface area (Å²) in [6.07, 6.45) is 6.10. The highest BCUT2D eigenvalue weighted by atomic mass is 16.5. The lowest BCUT2D eigenvalue weighted by Gasteiger charge is -2.33. The van der Waals surface area contributed by atoms with E-state index >= 15 is 0 Å². The largest absolute Gasteiger partial charge is 0.313 e. The van der Waals surface area contributed by atoms with Gasteiger partial charge in [-0.25, -0.2) is 0 Å². The molecule has 0 spiro atoms. The molecule has 16 heavy (non-hydrogen) atoms. The van der Waals surface area contributed by atoms with E-state index in [9.17, 15) is 5.21 Å². The fourth-order valence-corrected chi connectivity index (χ4v) is 2.55. The van der Waals surface area contributed by atoms with Gasteiger partial charge in [0.2, 0.25) is 0 Å². The topological polar surface area (TPSA) is 23.5 Å². The highest BCUT2D eigenvalue weighted by Crippen LogP contribution is 2.28. The van der Waals surface area contributed by atoms with Crippen molar-refractivity contribution >= 4 is 0 Å². The van der Waals surface area contributed by atoms with Gasteiger partial charge in [-0.1, -0.05) is 49.6 Å². The lowest BCUT2D eigenvalue weighted by atomic mass is 9.94. The van der Waals surface area contributed by atoms with E-state index in [0.29, 0.717) is 6.04 Å². The molecule has 1 unspecified atom stereocenters. The smallest absolute Gasteiger partial charge is 0.0574 e. The van der Waals surface area contributed by atoms with Crippen LogP contribution in [0.2, 0.25) is 0 Å². The van der Waals surface area contributed by atoms with Gasteiger partial charge in [0.25, 0.3) is 0 Å². The van der Waals surface area contributed by atoms with Crippen LogP contribution in [-0.2, 0) is 0 Å². The summed E-state index contributed by atoms with van der Waals surface area (Å²) in [6, 6.07) is 10.7. The number of hydrogen-bond acceptors (Lipinski definition) is 2. The van der Waals surface area contributed by atoms with Crippen LogP contribution in [-0.4, -0.2) is 16.3 Å². The monoisotopic (exact) mass is 219 g/mol. The van der Waals surface area contributed by atoms with Gasteiger partial charge in [-0.05, 0) is 25.3 Å². The molecule has 0 aromatic heterocycles. The van der Waals surface area contributed by atoms with Crippen molar-refractivity contribution in [3.8, 4) is 0 Å². The molecule has 2 rings (SSSR count). The van der Waals surface area contributed by atoms with E-state index in [0.717, 1.165) is 12.8 Å². The quantitative estimate of drug-likeness (QED) is 0.782. The molecule has 0 heterocycles. The maximum Gasteiger partial charge on any atom is 0.0574 e. The second-order valence-electron chi connectivity index (χ2n) is 4.76. The summed E-state index contributed by atoms with van der Waals surface area (Å²) < 4.78 is 0. The third-order valence-electron chi connectivity index (χ3n) is 3.63. The fraction of sp³-hybridized carbons (Fsp3) is 0.571. The zero-order valence-electron chi connectivity index (χ0n) is 9.97. The summed E-state index contributed by atoms with van der Waals surface area (Å²) in [7, 11) is 0. The first kappa shape index (κ1) is 11.6. The molecule has 1 aromatic carbocycles. The van der Waals surface area contributed by atoms with Crippen LogP contribution in [0.4, 0.5) is 0 Å². The molecule has 0 saturated heterocycles. The fourth-order valence-electron chi connectivity index (χ4n) is 2.55. The Morgan fingerprint density at radius 1 is 1.12 bits per heavy atom. The van der Waals surface area contributed by atoms with Crippen molar-refractivity contribution in [1.82, 2.24) is 5.06 Å². The molecule has 1 fully saturated rings. The van der Waals surface area contributed by atoms with Crippen LogP contribution in [0.25, 0.3) is 0 Å². The third-order valence-corrected chi connectivity index (χ3v) is 3.63. The van der Waals surface area contributed by atoms with Gasteiger partial charge in [0, 0.05) is 6.04 Å². The first-order valence-electron chi connectivity index (χ1n) is 6.31. The molecular weight excluding hydrogens is 198 g/mol. The maximum atomic E-state index is 10.2. The summed E-state index contributed by atoms with van der Waals surface area (Å²) in [5.41, 5.74) is 1.19. The number of nitrogens with zero attached hydrogens (tertiary/aromatic N) is 1. The average molecular weight is 219 g/mol. The van der Waals surface area contributed by atoms with E-state index in [4.69, 9.17) is 0 Å². The summed E-state index contributed by atoms with van der Waals surface area (Å²) >= 11 is 0. The predicted molar refractivity (Wildman–Crippen MR) is 65.4 cm³/mol. The van der Waals surface area contributed by atoms with Gasteiger partial charge >= 0.3 is 0 Å². The van der Waals surface area contributed by atoms with Crippen molar-refractivity contribution in [2.24, 2.45) is 0 Å². The predicted octanol–water partition coefficient (Wildman–Crippen LogP) is 3.77. The van der Waals surface area contributed by atoms with Crippen molar-refractivity contribution in [2.45, 2.75) is 51.1 Å². The van der Waals surface area contributed by atoms with Crippen molar-refractivity contribution in [3.05, 3.63) is 35.9 Å². The van der Waals surface area contributed by atoms with Crippen LogP contribution >= 0.6 is 0 Å². The van der Waals surface area contributed by atoms with Gasteiger partial charge in [-0.3, -0.25) is 0 Å². The van der Waals surface area contributed by atoms with E-state index in [1.807, 2.05) is 18.2 Å². The molecule has 0 radical (unpaired) electrons. The summed E-state index contributed by atoms with van der Waals surface area (Å²) in [6.45, 7) is 2.07. The van der Waals surface area contributed by atoms with E-state index in [-0.39, 0.29) is 6.04 Å². The van der Waals surface area contributed by atoms with Gasteiger partial charge in [0.15, 0.2) is 0 Å².